The molecule has 1 aliphatic heterocycles. The lowest BCUT2D eigenvalue weighted by molar-refractivity contribution is -0.139. The summed E-state index contributed by atoms with van der Waals surface area (Å²) in [5.74, 6) is -0.0443. The Balaban J connectivity index is 2.25. The van der Waals surface area contributed by atoms with E-state index in [-0.39, 0.29) is 18.7 Å². The number of carbonyl (C=O) groups excluding carboxylic acids is 1. The second-order valence-corrected chi connectivity index (χ2v) is 2.32. The third-order valence-corrected chi connectivity index (χ3v) is 1.34. The summed E-state index contributed by atoms with van der Waals surface area (Å²) in [5, 5.41) is 2.74. The Kier molecular flexibility index (Phi) is 2.65. The SMILES string of the molecule is CCCC1NOCC(=O)N1. The van der Waals surface area contributed by atoms with Crippen molar-refractivity contribution in [1.82, 2.24) is 10.8 Å². The van der Waals surface area contributed by atoms with E-state index in [0.29, 0.717) is 0 Å². The highest BCUT2D eigenvalue weighted by Gasteiger charge is 2.16. The van der Waals surface area contributed by atoms with Gasteiger partial charge >= 0.3 is 0 Å². The fourth-order valence-corrected chi connectivity index (χ4v) is 0.893. The molecule has 1 unspecified atom stereocenters. The first-order valence-corrected chi connectivity index (χ1v) is 3.49. The first-order chi connectivity index (χ1) is 4.83. The first kappa shape index (κ1) is 7.50. The van der Waals surface area contributed by atoms with E-state index in [0.717, 1.165) is 12.8 Å². The Morgan fingerprint density at radius 3 is 3.20 bits per heavy atom. The predicted molar refractivity (Wildman–Crippen MR) is 35.9 cm³/mol. The van der Waals surface area contributed by atoms with Gasteiger partial charge in [0.15, 0.2) is 0 Å². The van der Waals surface area contributed by atoms with Crippen LogP contribution in [0.2, 0.25) is 0 Å². The van der Waals surface area contributed by atoms with Gasteiger partial charge in [-0.3, -0.25) is 9.63 Å². The molecule has 0 bridgehead atoms. The summed E-state index contributed by atoms with van der Waals surface area (Å²) in [4.78, 5) is 15.5. The minimum Gasteiger partial charge on any atom is -0.337 e. The lowest BCUT2D eigenvalue weighted by atomic mass is 10.3. The molecule has 0 aliphatic carbocycles. The zero-order valence-electron chi connectivity index (χ0n) is 6.02. The predicted octanol–water partition coefficient (Wildman–Crippen LogP) is -0.236. The van der Waals surface area contributed by atoms with Crippen LogP contribution in [-0.2, 0) is 9.63 Å². The van der Waals surface area contributed by atoms with Gasteiger partial charge in [-0.15, -0.1) is 0 Å². The fourth-order valence-electron chi connectivity index (χ4n) is 0.893. The molecule has 1 heterocycles. The summed E-state index contributed by atoms with van der Waals surface area (Å²) in [6.07, 6.45) is 1.94. The smallest absolute Gasteiger partial charge is 0.249 e. The van der Waals surface area contributed by atoms with E-state index in [1.807, 2.05) is 0 Å². The minimum absolute atomic E-state index is 0.00579. The summed E-state index contributed by atoms with van der Waals surface area (Å²) >= 11 is 0. The summed E-state index contributed by atoms with van der Waals surface area (Å²) in [6.45, 7) is 2.18. The molecule has 0 saturated carbocycles. The average Bonchev–Trinajstić information content (AvgIpc) is 1.88. The summed E-state index contributed by atoms with van der Waals surface area (Å²) in [6, 6.07) is 0. The van der Waals surface area contributed by atoms with Crippen LogP contribution in [0.1, 0.15) is 19.8 Å². The van der Waals surface area contributed by atoms with Crippen molar-refractivity contribution in [2.45, 2.75) is 25.9 Å². The monoisotopic (exact) mass is 144 g/mol. The van der Waals surface area contributed by atoms with Crippen molar-refractivity contribution in [1.29, 1.82) is 0 Å². The average molecular weight is 144 g/mol. The molecule has 1 aliphatic rings. The molecule has 0 radical (unpaired) electrons. The maximum atomic E-state index is 10.7. The van der Waals surface area contributed by atoms with E-state index in [4.69, 9.17) is 4.84 Å². The zero-order valence-corrected chi connectivity index (χ0v) is 6.02. The van der Waals surface area contributed by atoms with Gasteiger partial charge in [-0.1, -0.05) is 13.3 Å². The zero-order chi connectivity index (χ0) is 7.40. The number of hydrogen-bond acceptors (Lipinski definition) is 3. The highest BCUT2D eigenvalue weighted by atomic mass is 16.7. The highest BCUT2D eigenvalue weighted by molar-refractivity contribution is 5.77. The Bertz CT molecular complexity index is 125. The number of nitrogens with one attached hydrogen (secondary N) is 2. The van der Waals surface area contributed by atoms with E-state index >= 15 is 0 Å². The Morgan fingerprint density at radius 2 is 2.60 bits per heavy atom. The van der Waals surface area contributed by atoms with Gasteiger partial charge in [0.1, 0.15) is 12.8 Å². The van der Waals surface area contributed by atoms with Crippen molar-refractivity contribution >= 4 is 5.91 Å². The van der Waals surface area contributed by atoms with Crippen LogP contribution in [0.5, 0.6) is 0 Å². The molecule has 0 aromatic heterocycles. The normalized spacial score (nSPS) is 26.1. The molecule has 4 nitrogen and oxygen atoms in total. The van der Waals surface area contributed by atoms with Gasteiger partial charge in [0.05, 0.1) is 0 Å². The molecular formula is C6H12N2O2. The van der Waals surface area contributed by atoms with Gasteiger partial charge in [-0.2, -0.15) is 5.48 Å². The molecule has 0 aromatic rings. The van der Waals surface area contributed by atoms with E-state index in [2.05, 4.69) is 17.7 Å². The maximum absolute atomic E-state index is 10.7. The molecule has 58 valence electrons. The second kappa shape index (κ2) is 3.53. The molecule has 10 heavy (non-hydrogen) atoms. The topological polar surface area (TPSA) is 50.4 Å². The Labute approximate surface area is 59.9 Å². The van der Waals surface area contributed by atoms with Gasteiger partial charge in [0.25, 0.3) is 0 Å². The van der Waals surface area contributed by atoms with E-state index in [1.165, 1.54) is 0 Å². The third-order valence-electron chi connectivity index (χ3n) is 1.34. The molecule has 1 saturated heterocycles. The van der Waals surface area contributed by atoms with Crippen molar-refractivity contribution in [2.24, 2.45) is 0 Å². The highest BCUT2D eigenvalue weighted by Crippen LogP contribution is 1.95. The van der Waals surface area contributed by atoms with Gasteiger partial charge in [-0.25, -0.2) is 0 Å². The fraction of sp³-hybridized carbons (Fsp3) is 0.833. The largest absolute Gasteiger partial charge is 0.337 e. The van der Waals surface area contributed by atoms with Gasteiger partial charge < -0.3 is 5.32 Å². The molecule has 4 heteroatoms. The van der Waals surface area contributed by atoms with Gasteiger partial charge in [0, 0.05) is 0 Å². The van der Waals surface area contributed by atoms with Gasteiger partial charge in [0.2, 0.25) is 5.91 Å². The van der Waals surface area contributed by atoms with E-state index in [9.17, 15) is 4.79 Å². The first-order valence-electron chi connectivity index (χ1n) is 3.49. The number of hydroxylamine groups is 1. The summed E-state index contributed by atoms with van der Waals surface area (Å²) in [5.41, 5.74) is 2.72. The maximum Gasteiger partial charge on any atom is 0.249 e. The molecule has 1 fully saturated rings. The Morgan fingerprint density at radius 1 is 1.80 bits per heavy atom. The molecule has 1 atom stereocenters. The molecule has 1 rings (SSSR count). The second-order valence-electron chi connectivity index (χ2n) is 2.32. The standard InChI is InChI=1S/C6H12N2O2/c1-2-3-5-7-6(9)4-10-8-5/h5,8H,2-4H2,1H3,(H,7,9). The van der Waals surface area contributed by atoms with Crippen molar-refractivity contribution < 1.29 is 9.63 Å². The van der Waals surface area contributed by atoms with Crippen LogP contribution in [-0.4, -0.2) is 18.7 Å². The van der Waals surface area contributed by atoms with Crippen LogP contribution >= 0.6 is 0 Å². The van der Waals surface area contributed by atoms with Crippen molar-refractivity contribution in [3.63, 3.8) is 0 Å². The quantitative estimate of drug-likeness (QED) is 0.562. The lowest BCUT2D eigenvalue weighted by Crippen LogP contribution is -2.52. The molecule has 1 amide bonds. The number of hydrogen-bond donors (Lipinski definition) is 2. The van der Waals surface area contributed by atoms with Crippen LogP contribution in [0.3, 0.4) is 0 Å². The van der Waals surface area contributed by atoms with Crippen molar-refractivity contribution in [2.75, 3.05) is 6.61 Å². The van der Waals surface area contributed by atoms with E-state index < -0.39 is 0 Å². The minimum atomic E-state index is -0.0443. The lowest BCUT2D eigenvalue weighted by Gasteiger charge is -2.23. The van der Waals surface area contributed by atoms with Crippen molar-refractivity contribution in [3.05, 3.63) is 0 Å². The molecule has 0 spiro atoms. The summed E-state index contributed by atoms with van der Waals surface area (Å²) in [7, 11) is 0. The van der Waals surface area contributed by atoms with Gasteiger partial charge in [-0.05, 0) is 6.42 Å². The number of amides is 1. The van der Waals surface area contributed by atoms with Crippen LogP contribution in [0.25, 0.3) is 0 Å². The van der Waals surface area contributed by atoms with Crippen LogP contribution in [0.4, 0.5) is 0 Å². The van der Waals surface area contributed by atoms with E-state index in [1.54, 1.807) is 0 Å². The number of rotatable bonds is 2. The third kappa shape index (κ3) is 1.97. The number of carbonyl (C=O) groups is 1. The molecule has 2 N–H and O–H groups in total. The van der Waals surface area contributed by atoms with Crippen LogP contribution in [0, 0.1) is 0 Å². The van der Waals surface area contributed by atoms with Crippen LogP contribution in [0.15, 0.2) is 0 Å². The molecular weight excluding hydrogens is 132 g/mol. The summed E-state index contributed by atoms with van der Waals surface area (Å²) < 4.78 is 0. The van der Waals surface area contributed by atoms with Crippen LogP contribution < -0.4 is 10.8 Å². The van der Waals surface area contributed by atoms with Crippen molar-refractivity contribution in [3.8, 4) is 0 Å². The molecule has 0 aromatic carbocycles. The Hall–Kier alpha value is -0.610.